The fourth-order valence-corrected chi connectivity index (χ4v) is 2.79. The van der Waals surface area contributed by atoms with E-state index in [1.165, 1.54) is 0 Å². The number of aromatic nitrogens is 2. The van der Waals surface area contributed by atoms with E-state index in [1.807, 2.05) is 60.7 Å². The summed E-state index contributed by atoms with van der Waals surface area (Å²) in [6.45, 7) is 1.76. The van der Waals surface area contributed by atoms with Crippen molar-refractivity contribution in [3.8, 4) is 16.9 Å². The topological polar surface area (TPSA) is 96.3 Å². The van der Waals surface area contributed by atoms with Crippen LogP contribution in [-0.4, -0.2) is 29.8 Å². The predicted octanol–water partition coefficient (Wildman–Crippen LogP) is 3.34. The van der Waals surface area contributed by atoms with E-state index >= 15 is 0 Å². The first-order valence-corrected chi connectivity index (χ1v) is 8.97. The molecule has 0 atom stereocenters. The molecule has 0 aliphatic carbocycles. The van der Waals surface area contributed by atoms with Gasteiger partial charge < -0.3 is 20.9 Å². The fraction of sp³-hybridized carbons (Fsp3) is 0.238. The number of anilines is 2. The molecule has 4 N–H and O–H groups in total. The quantitative estimate of drug-likeness (QED) is 0.565. The van der Waals surface area contributed by atoms with E-state index in [9.17, 15) is 0 Å². The number of hydrogen-bond acceptors (Lipinski definition) is 6. The van der Waals surface area contributed by atoms with Crippen molar-refractivity contribution in [2.24, 2.45) is 0 Å². The molecular formula is C21H24N4O2. The van der Waals surface area contributed by atoms with Crippen molar-refractivity contribution in [2.75, 3.05) is 31.3 Å². The molecule has 1 heterocycles. The molecule has 3 rings (SSSR count). The Morgan fingerprint density at radius 3 is 2.22 bits per heavy atom. The summed E-state index contributed by atoms with van der Waals surface area (Å²) in [7, 11) is 0. The van der Waals surface area contributed by atoms with Gasteiger partial charge in [0.25, 0.3) is 0 Å². The summed E-state index contributed by atoms with van der Waals surface area (Å²) in [6.07, 6.45) is 1.43. The van der Waals surface area contributed by atoms with Crippen LogP contribution < -0.4 is 16.2 Å². The smallest absolute Gasteiger partial charge is 0.222 e. The van der Waals surface area contributed by atoms with Gasteiger partial charge in [-0.25, -0.2) is 4.98 Å². The molecule has 27 heavy (non-hydrogen) atoms. The van der Waals surface area contributed by atoms with E-state index in [4.69, 9.17) is 20.9 Å². The number of hydrogen-bond donors (Lipinski definition) is 2. The Balaban J connectivity index is 1.49. The Morgan fingerprint density at radius 2 is 1.48 bits per heavy atom. The van der Waals surface area contributed by atoms with Crippen molar-refractivity contribution < 1.29 is 9.47 Å². The number of para-hydroxylation sites is 1. The highest BCUT2D eigenvalue weighted by Crippen LogP contribution is 2.28. The first kappa shape index (κ1) is 18.7. The van der Waals surface area contributed by atoms with Gasteiger partial charge in [0.2, 0.25) is 5.95 Å². The van der Waals surface area contributed by atoms with Crippen LogP contribution in [0.1, 0.15) is 12.1 Å². The van der Waals surface area contributed by atoms with Crippen molar-refractivity contribution in [1.29, 1.82) is 0 Å². The zero-order chi connectivity index (χ0) is 18.9. The minimum Gasteiger partial charge on any atom is -0.494 e. The van der Waals surface area contributed by atoms with E-state index in [-0.39, 0.29) is 5.95 Å². The van der Waals surface area contributed by atoms with Gasteiger partial charge in [0.1, 0.15) is 11.6 Å². The van der Waals surface area contributed by atoms with E-state index in [0.717, 1.165) is 29.0 Å². The van der Waals surface area contributed by atoms with Gasteiger partial charge >= 0.3 is 0 Å². The third kappa shape index (κ3) is 5.43. The Hall–Kier alpha value is -3.12. The van der Waals surface area contributed by atoms with Gasteiger partial charge in [-0.3, -0.25) is 0 Å². The normalized spacial score (nSPS) is 10.7. The molecule has 0 amide bonds. The number of benzene rings is 2. The van der Waals surface area contributed by atoms with E-state index in [2.05, 4.69) is 9.97 Å². The third-order valence-electron chi connectivity index (χ3n) is 4.02. The summed E-state index contributed by atoms with van der Waals surface area (Å²) in [5, 5.41) is 0. The maximum Gasteiger partial charge on any atom is 0.222 e. The lowest BCUT2D eigenvalue weighted by Crippen LogP contribution is -2.10. The van der Waals surface area contributed by atoms with Crippen molar-refractivity contribution in [1.82, 2.24) is 9.97 Å². The molecule has 0 aliphatic heterocycles. The van der Waals surface area contributed by atoms with Gasteiger partial charge in [-0.05, 0) is 17.7 Å². The van der Waals surface area contributed by atoms with Gasteiger partial charge in [0, 0.05) is 25.0 Å². The molecule has 6 heteroatoms. The van der Waals surface area contributed by atoms with Crippen LogP contribution in [0.15, 0.2) is 60.7 Å². The lowest BCUT2D eigenvalue weighted by atomic mass is 10.0. The summed E-state index contributed by atoms with van der Waals surface area (Å²) in [4.78, 5) is 8.46. The minimum atomic E-state index is 0.179. The monoisotopic (exact) mass is 364 g/mol. The number of rotatable bonds is 9. The summed E-state index contributed by atoms with van der Waals surface area (Å²) in [5.74, 6) is 1.44. The van der Waals surface area contributed by atoms with Crippen molar-refractivity contribution in [2.45, 2.75) is 12.8 Å². The molecule has 0 saturated heterocycles. The van der Waals surface area contributed by atoms with Crippen LogP contribution >= 0.6 is 0 Å². The fourth-order valence-electron chi connectivity index (χ4n) is 2.79. The number of nitrogens with two attached hydrogens (primary N) is 2. The lowest BCUT2D eigenvalue weighted by molar-refractivity contribution is 0.121. The summed E-state index contributed by atoms with van der Waals surface area (Å²) >= 11 is 0. The lowest BCUT2D eigenvalue weighted by Gasteiger charge is -2.12. The molecule has 1 aromatic heterocycles. The molecule has 140 valence electrons. The predicted molar refractivity (Wildman–Crippen MR) is 107 cm³/mol. The maximum atomic E-state index is 6.09. The minimum absolute atomic E-state index is 0.179. The second kappa shape index (κ2) is 9.54. The van der Waals surface area contributed by atoms with Crippen LogP contribution in [0.2, 0.25) is 0 Å². The third-order valence-corrected chi connectivity index (χ3v) is 4.02. The molecule has 0 radical (unpaired) electrons. The first-order valence-electron chi connectivity index (χ1n) is 8.97. The Bertz CT molecular complexity index is 842. The van der Waals surface area contributed by atoms with Crippen molar-refractivity contribution in [3.05, 3.63) is 66.4 Å². The maximum absolute atomic E-state index is 6.09. The Labute approximate surface area is 159 Å². The Kier molecular flexibility index (Phi) is 6.60. The zero-order valence-corrected chi connectivity index (χ0v) is 15.2. The van der Waals surface area contributed by atoms with Gasteiger partial charge in [-0.15, -0.1) is 0 Å². The second-order valence-electron chi connectivity index (χ2n) is 6.03. The average molecular weight is 364 g/mol. The molecule has 2 aromatic carbocycles. The standard InChI is InChI=1S/C21H24N4O2/c22-20-19(16-8-3-1-4-9-16)18(24-21(23)25-20)12-15-26-13-7-14-27-17-10-5-2-6-11-17/h1-6,8-11H,7,12-15H2,(H4,22,23,24,25). The van der Waals surface area contributed by atoms with Gasteiger partial charge in [-0.2, -0.15) is 4.98 Å². The van der Waals surface area contributed by atoms with Crippen LogP contribution in [-0.2, 0) is 11.2 Å². The van der Waals surface area contributed by atoms with Gasteiger partial charge in [0.05, 0.1) is 18.9 Å². The highest BCUT2D eigenvalue weighted by Gasteiger charge is 2.13. The molecule has 3 aromatic rings. The van der Waals surface area contributed by atoms with Gasteiger partial charge in [0.15, 0.2) is 0 Å². The van der Waals surface area contributed by atoms with Gasteiger partial charge in [-0.1, -0.05) is 48.5 Å². The summed E-state index contributed by atoms with van der Waals surface area (Å²) in [5.41, 5.74) is 14.5. The number of nitrogens with zero attached hydrogens (tertiary/aromatic N) is 2. The molecule has 0 fully saturated rings. The highest BCUT2D eigenvalue weighted by molar-refractivity contribution is 5.76. The molecule has 0 aliphatic rings. The molecule has 0 bridgehead atoms. The summed E-state index contributed by atoms with van der Waals surface area (Å²) < 4.78 is 11.4. The number of ether oxygens (including phenoxy) is 2. The van der Waals surface area contributed by atoms with Crippen LogP contribution in [0.5, 0.6) is 5.75 Å². The first-order chi connectivity index (χ1) is 13.2. The van der Waals surface area contributed by atoms with E-state index in [0.29, 0.717) is 32.1 Å². The van der Waals surface area contributed by atoms with E-state index in [1.54, 1.807) is 0 Å². The van der Waals surface area contributed by atoms with Crippen LogP contribution in [0, 0.1) is 0 Å². The molecular weight excluding hydrogens is 340 g/mol. The summed E-state index contributed by atoms with van der Waals surface area (Å²) in [6, 6.07) is 19.6. The molecule has 6 nitrogen and oxygen atoms in total. The number of nitrogen functional groups attached to an aromatic ring is 2. The highest BCUT2D eigenvalue weighted by atomic mass is 16.5. The zero-order valence-electron chi connectivity index (χ0n) is 15.2. The average Bonchev–Trinajstić information content (AvgIpc) is 2.68. The molecule has 0 spiro atoms. The van der Waals surface area contributed by atoms with Crippen LogP contribution in [0.4, 0.5) is 11.8 Å². The molecule has 0 saturated carbocycles. The molecule has 0 unspecified atom stereocenters. The van der Waals surface area contributed by atoms with Crippen LogP contribution in [0.3, 0.4) is 0 Å². The largest absolute Gasteiger partial charge is 0.494 e. The Morgan fingerprint density at radius 1 is 0.778 bits per heavy atom. The SMILES string of the molecule is Nc1nc(N)c(-c2ccccc2)c(CCOCCCOc2ccccc2)n1. The van der Waals surface area contributed by atoms with Crippen molar-refractivity contribution >= 4 is 11.8 Å². The van der Waals surface area contributed by atoms with Crippen molar-refractivity contribution in [3.63, 3.8) is 0 Å². The second-order valence-corrected chi connectivity index (χ2v) is 6.03. The van der Waals surface area contributed by atoms with E-state index < -0.39 is 0 Å². The van der Waals surface area contributed by atoms with Crippen LogP contribution in [0.25, 0.3) is 11.1 Å².